The van der Waals surface area contributed by atoms with Crippen molar-refractivity contribution in [3.05, 3.63) is 59.9 Å². The lowest BCUT2D eigenvalue weighted by atomic mass is 9.49. The van der Waals surface area contributed by atoms with Gasteiger partial charge in [0, 0.05) is 19.7 Å². The van der Waals surface area contributed by atoms with Crippen molar-refractivity contribution in [2.75, 3.05) is 26.8 Å². The lowest BCUT2D eigenvalue weighted by molar-refractivity contribution is -0.154. The highest BCUT2D eigenvalue weighted by Gasteiger charge is 2.57. The van der Waals surface area contributed by atoms with Gasteiger partial charge in [-0.1, -0.05) is 42.5 Å². The monoisotopic (exact) mass is 451 g/mol. The maximum absolute atomic E-state index is 12.7. The van der Waals surface area contributed by atoms with Crippen LogP contribution in [0, 0.1) is 16.7 Å². The topological polar surface area (TPSA) is 76.1 Å². The normalized spacial score (nSPS) is 31.2. The SMILES string of the molecule is COC1=CC(C(=O)O)(C2CC3(CCN(C(=O)[C@H]4CCCO4)CC3)C2)C=CC1c1ccccc1. The average Bonchev–Trinajstić information content (AvgIpc) is 3.37. The number of hydrogen-bond donors (Lipinski definition) is 1. The number of hydrogen-bond acceptors (Lipinski definition) is 4. The van der Waals surface area contributed by atoms with Crippen molar-refractivity contribution >= 4 is 11.9 Å². The van der Waals surface area contributed by atoms with Gasteiger partial charge in [0.25, 0.3) is 5.91 Å². The van der Waals surface area contributed by atoms with Crippen LogP contribution in [0.1, 0.15) is 50.0 Å². The van der Waals surface area contributed by atoms with E-state index >= 15 is 0 Å². The number of benzene rings is 1. The first-order valence-corrected chi connectivity index (χ1v) is 12.1. The molecule has 3 atom stereocenters. The summed E-state index contributed by atoms with van der Waals surface area (Å²) in [5.41, 5.74) is 0.201. The Bertz CT molecular complexity index is 948. The van der Waals surface area contributed by atoms with Crippen molar-refractivity contribution in [1.82, 2.24) is 4.90 Å². The molecule has 2 unspecified atom stereocenters. The molecule has 33 heavy (non-hydrogen) atoms. The van der Waals surface area contributed by atoms with Gasteiger partial charge in [0.2, 0.25) is 0 Å². The molecule has 5 rings (SSSR count). The Morgan fingerprint density at radius 1 is 1.15 bits per heavy atom. The second-order valence-corrected chi connectivity index (χ2v) is 10.2. The maximum Gasteiger partial charge on any atom is 0.317 e. The van der Waals surface area contributed by atoms with Crippen molar-refractivity contribution < 1.29 is 24.2 Å². The summed E-state index contributed by atoms with van der Waals surface area (Å²) in [6.45, 7) is 2.18. The lowest BCUT2D eigenvalue weighted by Crippen LogP contribution is -2.54. The van der Waals surface area contributed by atoms with Gasteiger partial charge in [-0.25, -0.2) is 0 Å². The molecule has 2 heterocycles. The van der Waals surface area contributed by atoms with Crippen LogP contribution in [0.5, 0.6) is 0 Å². The number of piperidine rings is 1. The standard InChI is InChI=1S/C27H33NO5/c1-32-23-18-27(25(30)31,10-9-21(23)19-6-3-2-4-7-19)20-16-26(17-20)11-13-28(14-12-26)24(29)22-8-5-15-33-22/h2-4,6-7,9-10,18,20-22H,5,8,11-17H2,1H3,(H,30,31)/t21?,22-,27?/m1/s1. The van der Waals surface area contributed by atoms with Gasteiger partial charge in [-0.3, -0.25) is 9.59 Å². The Labute approximate surface area is 195 Å². The Morgan fingerprint density at radius 2 is 1.88 bits per heavy atom. The van der Waals surface area contributed by atoms with Crippen LogP contribution in [0.4, 0.5) is 0 Å². The third-order valence-corrected chi connectivity index (χ3v) is 8.39. The van der Waals surface area contributed by atoms with E-state index in [0.717, 1.165) is 57.2 Å². The van der Waals surface area contributed by atoms with Gasteiger partial charge in [0.1, 0.15) is 17.3 Å². The average molecular weight is 452 g/mol. The molecule has 6 heteroatoms. The summed E-state index contributed by atoms with van der Waals surface area (Å²) in [4.78, 5) is 27.2. The fraction of sp³-hybridized carbons (Fsp3) is 0.556. The summed E-state index contributed by atoms with van der Waals surface area (Å²) in [6, 6.07) is 10.0. The molecule has 1 N–H and O–H groups in total. The van der Waals surface area contributed by atoms with Crippen molar-refractivity contribution in [2.45, 2.75) is 50.5 Å². The molecule has 3 fully saturated rings. The number of carboxylic acids is 1. The first kappa shape index (κ1) is 22.2. The number of carbonyl (C=O) groups excluding carboxylic acids is 1. The van der Waals surface area contributed by atoms with Crippen molar-refractivity contribution in [3.63, 3.8) is 0 Å². The van der Waals surface area contributed by atoms with Crippen LogP contribution < -0.4 is 0 Å². The lowest BCUT2D eigenvalue weighted by Gasteiger charge is -2.56. The number of rotatable bonds is 5. The number of carboxylic acid groups (broad SMARTS) is 1. The molecule has 0 bridgehead atoms. The number of carbonyl (C=O) groups is 2. The summed E-state index contributed by atoms with van der Waals surface area (Å²) < 4.78 is 11.3. The van der Waals surface area contributed by atoms with Gasteiger partial charge in [-0.2, -0.15) is 0 Å². The number of methoxy groups -OCH3 is 1. The summed E-state index contributed by atoms with van der Waals surface area (Å²) in [5.74, 6) is -0.0111. The van der Waals surface area contributed by atoms with Crippen LogP contribution in [0.15, 0.2) is 54.3 Å². The van der Waals surface area contributed by atoms with Gasteiger partial charge >= 0.3 is 5.97 Å². The molecule has 0 radical (unpaired) electrons. The van der Waals surface area contributed by atoms with E-state index in [1.54, 1.807) is 7.11 Å². The highest BCUT2D eigenvalue weighted by atomic mass is 16.5. The van der Waals surface area contributed by atoms with E-state index in [2.05, 4.69) is 0 Å². The quantitative estimate of drug-likeness (QED) is 0.681. The molecule has 4 aliphatic rings. The molecule has 1 spiro atoms. The predicted octanol–water partition coefficient (Wildman–Crippen LogP) is 4.14. The van der Waals surface area contributed by atoms with Gasteiger partial charge in [-0.15, -0.1) is 0 Å². The maximum atomic E-state index is 12.7. The van der Waals surface area contributed by atoms with E-state index in [0.29, 0.717) is 12.4 Å². The third-order valence-electron chi connectivity index (χ3n) is 8.39. The largest absolute Gasteiger partial charge is 0.500 e. The van der Waals surface area contributed by atoms with Crippen molar-refractivity contribution in [2.24, 2.45) is 16.7 Å². The second kappa shape index (κ2) is 8.64. The van der Waals surface area contributed by atoms with Crippen molar-refractivity contribution in [1.29, 1.82) is 0 Å². The third kappa shape index (κ3) is 3.88. The molecular weight excluding hydrogens is 418 g/mol. The van der Waals surface area contributed by atoms with Gasteiger partial charge in [-0.05, 0) is 61.5 Å². The van der Waals surface area contributed by atoms with E-state index in [4.69, 9.17) is 9.47 Å². The van der Waals surface area contributed by atoms with Gasteiger partial charge < -0.3 is 19.5 Å². The number of allylic oxidation sites excluding steroid dienone is 1. The Hall–Kier alpha value is -2.60. The molecule has 0 aromatic heterocycles. The molecule has 1 aromatic carbocycles. The van der Waals surface area contributed by atoms with Gasteiger partial charge in [0.05, 0.1) is 13.0 Å². The molecular formula is C27H33NO5. The Morgan fingerprint density at radius 3 is 2.48 bits per heavy atom. The number of aliphatic carboxylic acids is 1. The number of ether oxygens (including phenoxy) is 2. The van der Waals surface area contributed by atoms with E-state index < -0.39 is 11.4 Å². The summed E-state index contributed by atoms with van der Waals surface area (Å²) in [7, 11) is 1.62. The molecule has 2 aliphatic carbocycles. The highest BCUT2D eigenvalue weighted by Crippen LogP contribution is 2.60. The molecule has 2 saturated heterocycles. The second-order valence-electron chi connectivity index (χ2n) is 10.2. The van der Waals surface area contributed by atoms with E-state index in [1.807, 2.05) is 53.5 Å². The molecule has 2 aliphatic heterocycles. The van der Waals surface area contributed by atoms with Crippen LogP contribution in [0.3, 0.4) is 0 Å². The summed E-state index contributed by atoms with van der Waals surface area (Å²) >= 11 is 0. The van der Waals surface area contributed by atoms with E-state index in [-0.39, 0.29) is 29.3 Å². The zero-order valence-electron chi connectivity index (χ0n) is 19.2. The van der Waals surface area contributed by atoms with E-state index in [9.17, 15) is 14.7 Å². The Balaban J connectivity index is 1.27. The molecule has 1 saturated carbocycles. The fourth-order valence-corrected chi connectivity index (χ4v) is 6.32. The zero-order valence-corrected chi connectivity index (χ0v) is 19.2. The molecule has 6 nitrogen and oxygen atoms in total. The summed E-state index contributed by atoms with van der Waals surface area (Å²) in [6.07, 6.45) is 10.9. The number of likely N-dealkylation sites (tertiary alicyclic amines) is 1. The molecule has 176 valence electrons. The van der Waals surface area contributed by atoms with Gasteiger partial charge in [0.15, 0.2) is 0 Å². The zero-order chi connectivity index (χ0) is 23.1. The number of nitrogens with zero attached hydrogens (tertiary/aromatic N) is 1. The van der Waals surface area contributed by atoms with Crippen LogP contribution in [0.2, 0.25) is 0 Å². The minimum Gasteiger partial charge on any atom is -0.500 e. The van der Waals surface area contributed by atoms with Crippen LogP contribution in [-0.2, 0) is 19.1 Å². The summed E-state index contributed by atoms with van der Waals surface area (Å²) in [5, 5.41) is 10.3. The predicted molar refractivity (Wildman–Crippen MR) is 123 cm³/mol. The number of amides is 1. The van der Waals surface area contributed by atoms with Crippen LogP contribution in [-0.4, -0.2) is 54.8 Å². The molecule has 1 amide bonds. The van der Waals surface area contributed by atoms with Crippen LogP contribution in [0.25, 0.3) is 0 Å². The smallest absolute Gasteiger partial charge is 0.317 e. The first-order chi connectivity index (χ1) is 16.0. The van der Waals surface area contributed by atoms with Crippen LogP contribution >= 0.6 is 0 Å². The first-order valence-electron chi connectivity index (χ1n) is 12.1. The van der Waals surface area contributed by atoms with Crippen molar-refractivity contribution in [3.8, 4) is 0 Å². The fourth-order valence-electron chi connectivity index (χ4n) is 6.32. The van der Waals surface area contributed by atoms with E-state index in [1.165, 1.54) is 0 Å². The minimum atomic E-state index is -1.04. The highest BCUT2D eigenvalue weighted by molar-refractivity contribution is 5.82. The minimum absolute atomic E-state index is 0.0357. The Kier molecular flexibility index (Phi) is 5.81. The molecule has 1 aromatic rings.